The molecule has 2 aliphatic rings. The van der Waals surface area contributed by atoms with Crippen molar-refractivity contribution in [3.8, 4) is 0 Å². The molecule has 2 aliphatic carbocycles. The molecule has 1 N–H and O–H groups in total. The average Bonchev–Trinajstić information content (AvgIpc) is 2.90. The minimum atomic E-state index is -0.387. The number of aliphatic hydroxyl groups is 1. The number of fused-ring (bicyclic) bond motifs is 2. The van der Waals surface area contributed by atoms with E-state index < -0.39 is 0 Å². The number of aliphatic hydroxyl groups excluding tert-OH is 1. The van der Waals surface area contributed by atoms with Crippen molar-refractivity contribution >= 4 is 11.6 Å². The zero-order valence-electron chi connectivity index (χ0n) is 10.9. The van der Waals surface area contributed by atoms with Crippen LogP contribution in [0.15, 0.2) is 18.2 Å². The molecule has 4 atom stereocenters. The average molecular weight is 265 g/mol. The molecule has 0 aromatic heterocycles. The zero-order chi connectivity index (χ0) is 12.7. The van der Waals surface area contributed by atoms with Crippen molar-refractivity contribution in [1.82, 2.24) is 0 Å². The van der Waals surface area contributed by atoms with Crippen LogP contribution in [0.25, 0.3) is 0 Å². The summed E-state index contributed by atoms with van der Waals surface area (Å²) in [6.07, 6.45) is 6.03. The van der Waals surface area contributed by atoms with Crippen LogP contribution in [-0.4, -0.2) is 5.11 Å². The lowest BCUT2D eigenvalue weighted by Crippen LogP contribution is -2.14. The van der Waals surface area contributed by atoms with Crippen LogP contribution in [0.5, 0.6) is 0 Å². The first-order chi connectivity index (χ1) is 8.63. The summed E-state index contributed by atoms with van der Waals surface area (Å²) in [4.78, 5) is 0. The summed E-state index contributed by atoms with van der Waals surface area (Å²) >= 11 is 6.23. The van der Waals surface area contributed by atoms with Gasteiger partial charge in [0.05, 0.1) is 6.10 Å². The number of hydrogen-bond donors (Lipinski definition) is 1. The van der Waals surface area contributed by atoms with Crippen molar-refractivity contribution in [2.24, 2.45) is 17.8 Å². The lowest BCUT2D eigenvalue weighted by Gasteiger charge is -2.24. The maximum atomic E-state index is 10.4. The summed E-state index contributed by atoms with van der Waals surface area (Å²) in [5, 5.41) is 11.1. The Morgan fingerprint density at radius 1 is 1.33 bits per heavy atom. The molecular weight excluding hydrogens is 244 g/mol. The predicted molar refractivity (Wildman–Crippen MR) is 74.7 cm³/mol. The minimum absolute atomic E-state index is 0.387. The fourth-order valence-electron chi connectivity index (χ4n) is 3.98. The van der Waals surface area contributed by atoms with E-state index in [4.69, 9.17) is 11.6 Å². The highest BCUT2D eigenvalue weighted by molar-refractivity contribution is 6.31. The molecule has 2 bridgehead atoms. The monoisotopic (exact) mass is 264 g/mol. The highest BCUT2D eigenvalue weighted by atomic mass is 35.5. The van der Waals surface area contributed by atoms with E-state index in [9.17, 15) is 5.11 Å². The van der Waals surface area contributed by atoms with E-state index >= 15 is 0 Å². The summed E-state index contributed by atoms with van der Waals surface area (Å²) in [6, 6.07) is 5.96. The van der Waals surface area contributed by atoms with Gasteiger partial charge >= 0.3 is 0 Å². The van der Waals surface area contributed by atoms with Crippen LogP contribution in [0.4, 0.5) is 0 Å². The van der Waals surface area contributed by atoms with Crippen molar-refractivity contribution in [2.75, 3.05) is 0 Å². The van der Waals surface area contributed by atoms with Gasteiger partial charge in [0.2, 0.25) is 0 Å². The summed E-state index contributed by atoms with van der Waals surface area (Å²) in [6.45, 7) is 2.03. The van der Waals surface area contributed by atoms with E-state index in [1.54, 1.807) is 0 Å². The van der Waals surface area contributed by atoms with Gasteiger partial charge in [0, 0.05) is 5.02 Å². The molecule has 1 nitrogen and oxygen atoms in total. The first-order valence-electron chi connectivity index (χ1n) is 7.07. The molecule has 4 unspecified atom stereocenters. The molecule has 2 fully saturated rings. The molecule has 0 aliphatic heterocycles. The van der Waals surface area contributed by atoms with Crippen LogP contribution < -0.4 is 0 Å². The molecule has 1 aromatic carbocycles. The molecule has 2 saturated carbocycles. The summed E-state index contributed by atoms with van der Waals surface area (Å²) in [5.41, 5.74) is 2.06. The first kappa shape index (κ1) is 12.5. The minimum Gasteiger partial charge on any atom is -0.388 e. The van der Waals surface area contributed by atoms with Crippen LogP contribution in [0.1, 0.15) is 49.3 Å². The van der Waals surface area contributed by atoms with Gasteiger partial charge < -0.3 is 5.11 Å². The van der Waals surface area contributed by atoms with Gasteiger partial charge in [-0.05, 0) is 67.6 Å². The Balaban J connectivity index is 1.69. The van der Waals surface area contributed by atoms with Crippen LogP contribution in [0.3, 0.4) is 0 Å². The Kier molecular flexibility index (Phi) is 3.38. The first-order valence-corrected chi connectivity index (χ1v) is 7.45. The van der Waals surface area contributed by atoms with Gasteiger partial charge in [0.15, 0.2) is 0 Å². The smallest absolute Gasteiger partial charge is 0.0807 e. The standard InChI is InChI=1S/C16H21ClO/c1-10-2-5-14(15(17)6-10)16(18)9-13-8-11-3-4-12(13)7-11/h2,5-6,11-13,16,18H,3-4,7-9H2,1H3. The second-order valence-electron chi connectivity index (χ2n) is 6.21. The Hall–Kier alpha value is -0.530. The quantitative estimate of drug-likeness (QED) is 0.852. The maximum absolute atomic E-state index is 10.4. The highest BCUT2D eigenvalue weighted by Crippen LogP contribution is 2.51. The zero-order valence-corrected chi connectivity index (χ0v) is 11.7. The molecule has 1 aromatic rings. The molecule has 98 valence electrons. The number of benzene rings is 1. The molecule has 2 heteroatoms. The molecule has 0 amide bonds. The number of rotatable bonds is 3. The number of halogens is 1. The third kappa shape index (κ3) is 2.31. The molecule has 3 rings (SSSR count). The number of hydrogen-bond acceptors (Lipinski definition) is 1. The van der Waals surface area contributed by atoms with E-state index in [1.165, 1.54) is 25.7 Å². The molecule has 0 radical (unpaired) electrons. The summed E-state index contributed by atoms with van der Waals surface area (Å²) in [5.74, 6) is 2.53. The van der Waals surface area contributed by atoms with E-state index in [0.29, 0.717) is 5.02 Å². The molecular formula is C16H21ClO. The van der Waals surface area contributed by atoms with Crippen molar-refractivity contribution < 1.29 is 5.11 Å². The SMILES string of the molecule is Cc1ccc(C(O)CC2CC3CCC2C3)c(Cl)c1. The lowest BCUT2D eigenvalue weighted by molar-refractivity contribution is 0.125. The van der Waals surface area contributed by atoms with Gasteiger partial charge in [0.1, 0.15) is 0 Å². The Morgan fingerprint density at radius 2 is 2.17 bits per heavy atom. The fourth-order valence-corrected chi connectivity index (χ4v) is 4.34. The van der Waals surface area contributed by atoms with Crippen molar-refractivity contribution in [3.63, 3.8) is 0 Å². The van der Waals surface area contributed by atoms with E-state index in [-0.39, 0.29) is 6.10 Å². The lowest BCUT2D eigenvalue weighted by atomic mass is 9.83. The van der Waals surface area contributed by atoms with Gasteiger partial charge in [-0.3, -0.25) is 0 Å². The second kappa shape index (κ2) is 4.86. The van der Waals surface area contributed by atoms with Gasteiger partial charge in [0.25, 0.3) is 0 Å². The third-order valence-corrected chi connectivity index (χ3v) is 5.25. The van der Waals surface area contributed by atoms with Crippen LogP contribution in [0, 0.1) is 24.7 Å². The maximum Gasteiger partial charge on any atom is 0.0807 e. The van der Waals surface area contributed by atoms with E-state index in [0.717, 1.165) is 35.3 Å². The highest BCUT2D eigenvalue weighted by Gasteiger charge is 2.40. The normalized spacial score (nSPS) is 31.8. The Morgan fingerprint density at radius 3 is 2.78 bits per heavy atom. The van der Waals surface area contributed by atoms with Gasteiger partial charge in [-0.15, -0.1) is 0 Å². The summed E-state index contributed by atoms with van der Waals surface area (Å²) < 4.78 is 0. The molecule has 0 heterocycles. The van der Waals surface area contributed by atoms with Crippen LogP contribution >= 0.6 is 11.6 Å². The van der Waals surface area contributed by atoms with E-state index in [2.05, 4.69) is 0 Å². The predicted octanol–water partition coefficient (Wildman–Crippen LogP) is 4.51. The van der Waals surface area contributed by atoms with Gasteiger partial charge in [-0.25, -0.2) is 0 Å². The molecule has 0 saturated heterocycles. The summed E-state index contributed by atoms with van der Waals surface area (Å²) in [7, 11) is 0. The van der Waals surface area contributed by atoms with Crippen LogP contribution in [0.2, 0.25) is 5.02 Å². The Labute approximate surface area is 114 Å². The Bertz CT molecular complexity index is 443. The van der Waals surface area contributed by atoms with Gasteiger partial charge in [-0.2, -0.15) is 0 Å². The second-order valence-corrected chi connectivity index (χ2v) is 6.62. The number of aryl methyl sites for hydroxylation is 1. The van der Waals surface area contributed by atoms with Crippen molar-refractivity contribution in [1.29, 1.82) is 0 Å². The van der Waals surface area contributed by atoms with Crippen molar-refractivity contribution in [2.45, 2.75) is 45.1 Å². The fraction of sp³-hybridized carbons (Fsp3) is 0.625. The topological polar surface area (TPSA) is 20.2 Å². The largest absolute Gasteiger partial charge is 0.388 e. The van der Waals surface area contributed by atoms with Crippen LogP contribution in [-0.2, 0) is 0 Å². The van der Waals surface area contributed by atoms with E-state index in [1.807, 2.05) is 25.1 Å². The van der Waals surface area contributed by atoms with Crippen molar-refractivity contribution in [3.05, 3.63) is 34.3 Å². The molecule has 0 spiro atoms. The molecule has 18 heavy (non-hydrogen) atoms. The van der Waals surface area contributed by atoms with Gasteiger partial charge in [-0.1, -0.05) is 30.2 Å². The third-order valence-electron chi connectivity index (χ3n) is 4.93.